The molecular weight excluding hydrogens is 450 g/mol. The minimum absolute atomic E-state index is 0.0483. The Labute approximate surface area is 192 Å². The van der Waals surface area contributed by atoms with Gasteiger partial charge in [-0.2, -0.15) is 9.40 Å². The Balaban J connectivity index is 1.77. The number of carbonyl (C=O) groups excluding carboxylic acids is 1. The smallest absolute Gasteiger partial charge is 0.359 e. The van der Waals surface area contributed by atoms with Crippen LogP contribution in [0, 0.1) is 13.8 Å². The molecule has 0 amide bonds. The van der Waals surface area contributed by atoms with E-state index in [-0.39, 0.29) is 30.3 Å². The topological polar surface area (TPSA) is 81.5 Å². The van der Waals surface area contributed by atoms with Crippen molar-refractivity contribution in [2.24, 2.45) is 0 Å². The number of aromatic nitrogens is 2. The third-order valence-corrected chi connectivity index (χ3v) is 7.77. The summed E-state index contributed by atoms with van der Waals surface area (Å²) in [5.74, 6) is -0.567. The first kappa shape index (κ1) is 22.5. The van der Waals surface area contributed by atoms with Gasteiger partial charge in [0.1, 0.15) is 0 Å². The molecule has 0 unspecified atom stereocenters. The van der Waals surface area contributed by atoms with Gasteiger partial charge in [-0.1, -0.05) is 29.3 Å². The fourth-order valence-corrected chi connectivity index (χ4v) is 5.73. The fourth-order valence-electron chi connectivity index (χ4n) is 3.99. The zero-order chi connectivity index (χ0) is 23.0. The van der Waals surface area contributed by atoms with E-state index in [1.807, 2.05) is 25.1 Å². The number of carbonyl (C=O) groups is 1. The van der Waals surface area contributed by atoms with Gasteiger partial charge in [-0.15, -0.1) is 0 Å². The number of ether oxygens (including phenoxy) is 1. The lowest BCUT2D eigenvalue weighted by Gasteiger charge is -2.27. The zero-order valence-electron chi connectivity index (χ0n) is 18.1. The van der Waals surface area contributed by atoms with Crippen LogP contribution < -0.4 is 0 Å². The van der Waals surface area contributed by atoms with Crippen LogP contribution in [0.3, 0.4) is 0 Å². The highest BCUT2D eigenvalue weighted by Gasteiger charge is 2.35. The van der Waals surface area contributed by atoms with Crippen molar-refractivity contribution in [3.8, 4) is 5.69 Å². The fraction of sp³-hybridized carbons (Fsp3) is 0.304. The number of fused-ring (bicyclic) bond motifs is 1. The first-order valence-corrected chi connectivity index (χ1v) is 12.2. The minimum atomic E-state index is -3.74. The Hall–Kier alpha value is -2.68. The van der Waals surface area contributed by atoms with Crippen LogP contribution in [-0.4, -0.2) is 41.6 Å². The summed E-state index contributed by atoms with van der Waals surface area (Å²) < 4.78 is 35.1. The lowest BCUT2D eigenvalue weighted by Crippen LogP contribution is -2.37. The Morgan fingerprint density at radius 2 is 1.88 bits per heavy atom. The molecule has 3 aromatic rings. The van der Waals surface area contributed by atoms with Crippen molar-refractivity contribution >= 4 is 27.6 Å². The summed E-state index contributed by atoms with van der Waals surface area (Å²) >= 11 is 6.01. The highest BCUT2D eigenvalue weighted by molar-refractivity contribution is 7.89. The first-order valence-electron chi connectivity index (χ1n) is 10.3. The largest absolute Gasteiger partial charge is 0.461 e. The monoisotopic (exact) mass is 473 g/mol. The molecule has 0 saturated heterocycles. The van der Waals surface area contributed by atoms with Crippen molar-refractivity contribution < 1.29 is 17.9 Å². The molecule has 0 bridgehead atoms. The second-order valence-corrected chi connectivity index (χ2v) is 10.1. The van der Waals surface area contributed by atoms with Crippen LogP contribution in [0.15, 0.2) is 47.4 Å². The summed E-state index contributed by atoms with van der Waals surface area (Å²) in [5.41, 5.74) is 3.93. The van der Waals surface area contributed by atoms with E-state index in [0.29, 0.717) is 22.6 Å². The number of rotatable bonds is 5. The van der Waals surface area contributed by atoms with E-state index in [4.69, 9.17) is 16.3 Å². The van der Waals surface area contributed by atoms with E-state index in [0.717, 1.165) is 16.9 Å². The molecule has 4 rings (SSSR count). The third-order valence-electron chi connectivity index (χ3n) is 5.51. The summed E-state index contributed by atoms with van der Waals surface area (Å²) in [6.07, 6.45) is 0.411. The van der Waals surface area contributed by atoms with Crippen molar-refractivity contribution in [3.63, 3.8) is 0 Å². The maximum absolute atomic E-state index is 13.4. The summed E-state index contributed by atoms with van der Waals surface area (Å²) in [4.78, 5) is 12.9. The van der Waals surface area contributed by atoms with E-state index in [2.05, 4.69) is 5.10 Å². The SMILES string of the molecule is CCOC(=O)c1nn(-c2ccc(Cl)cc2)c2c1CN(S(=O)(=O)c1ccc(C)cc1C)CC2. The molecular formula is C23H24ClN3O4S. The zero-order valence-corrected chi connectivity index (χ0v) is 19.7. The van der Waals surface area contributed by atoms with Crippen LogP contribution in [0.2, 0.25) is 5.02 Å². The molecule has 1 aliphatic rings. The Bertz CT molecular complexity index is 1280. The normalized spacial score (nSPS) is 14.2. The quantitative estimate of drug-likeness (QED) is 0.522. The van der Waals surface area contributed by atoms with Gasteiger partial charge in [-0.05, 0) is 56.7 Å². The maximum atomic E-state index is 13.4. The summed E-state index contributed by atoms with van der Waals surface area (Å²) in [6, 6.07) is 12.4. The van der Waals surface area contributed by atoms with E-state index >= 15 is 0 Å². The third kappa shape index (κ3) is 4.05. The van der Waals surface area contributed by atoms with Crippen molar-refractivity contribution in [2.45, 2.75) is 38.6 Å². The molecule has 2 aromatic carbocycles. The number of sulfonamides is 1. The van der Waals surface area contributed by atoms with Gasteiger partial charge in [-0.25, -0.2) is 17.9 Å². The van der Waals surface area contributed by atoms with Gasteiger partial charge in [-0.3, -0.25) is 0 Å². The van der Waals surface area contributed by atoms with Crippen LogP contribution >= 0.6 is 11.6 Å². The number of hydrogen-bond donors (Lipinski definition) is 0. The molecule has 168 valence electrons. The standard InChI is InChI=1S/C23H24ClN3O4S/c1-4-31-23(28)22-19-14-26(32(29,30)21-10-5-15(2)13-16(21)3)12-11-20(19)27(25-22)18-8-6-17(24)7-9-18/h5-10,13H,4,11-12,14H2,1-3H3. The second kappa shape index (κ2) is 8.69. The molecule has 0 saturated carbocycles. The molecule has 0 atom stereocenters. The van der Waals surface area contributed by atoms with Crippen molar-refractivity contribution in [2.75, 3.05) is 13.2 Å². The summed E-state index contributed by atoms with van der Waals surface area (Å²) in [6.45, 7) is 5.96. The second-order valence-electron chi connectivity index (χ2n) is 7.74. The molecule has 1 aromatic heterocycles. The van der Waals surface area contributed by atoms with E-state index < -0.39 is 16.0 Å². The highest BCUT2D eigenvalue weighted by Crippen LogP contribution is 2.31. The van der Waals surface area contributed by atoms with Crippen molar-refractivity contribution in [1.82, 2.24) is 14.1 Å². The summed E-state index contributed by atoms with van der Waals surface area (Å²) in [5, 5.41) is 5.10. The van der Waals surface area contributed by atoms with Crippen LogP contribution in [0.1, 0.15) is 39.8 Å². The number of esters is 1. The van der Waals surface area contributed by atoms with E-state index in [1.165, 1.54) is 4.31 Å². The molecule has 1 aliphatic heterocycles. The molecule has 7 nitrogen and oxygen atoms in total. The first-order chi connectivity index (χ1) is 15.2. The maximum Gasteiger partial charge on any atom is 0.359 e. The van der Waals surface area contributed by atoms with Crippen LogP contribution in [-0.2, 0) is 27.7 Å². The molecule has 9 heteroatoms. The lowest BCUT2D eigenvalue weighted by molar-refractivity contribution is 0.0517. The number of benzene rings is 2. The highest BCUT2D eigenvalue weighted by atomic mass is 35.5. The van der Waals surface area contributed by atoms with Gasteiger partial charge in [0.15, 0.2) is 5.69 Å². The number of aryl methyl sites for hydroxylation is 2. The van der Waals surface area contributed by atoms with Crippen molar-refractivity contribution in [1.29, 1.82) is 0 Å². The molecule has 0 fully saturated rings. The minimum Gasteiger partial charge on any atom is -0.461 e. The predicted octanol–water partition coefficient (Wildman–Crippen LogP) is 4.07. The Morgan fingerprint density at radius 1 is 1.16 bits per heavy atom. The lowest BCUT2D eigenvalue weighted by atomic mass is 10.1. The van der Waals surface area contributed by atoms with Gasteiger partial charge in [0.05, 0.1) is 22.9 Å². The van der Waals surface area contributed by atoms with E-state index in [9.17, 15) is 13.2 Å². The average Bonchev–Trinajstić information content (AvgIpc) is 3.13. The summed E-state index contributed by atoms with van der Waals surface area (Å²) in [7, 11) is -3.74. The predicted molar refractivity (Wildman–Crippen MR) is 122 cm³/mol. The molecule has 0 aliphatic carbocycles. The molecule has 0 spiro atoms. The molecule has 0 radical (unpaired) electrons. The van der Waals surface area contributed by atoms with Crippen LogP contribution in [0.25, 0.3) is 5.69 Å². The van der Waals surface area contributed by atoms with E-state index in [1.54, 1.807) is 42.8 Å². The molecule has 2 heterocycles. The molecule has 32 heavy (non-hydrogen) atoms. The van der Waals surface area contributed by atoms with Gasteiger partial charge in [0.2, 0.25) is 10.0 Å². The van der Waals surface area contributed by atoms with Crippen LogP contribution in [0.4, 0.5) is 0 Å². The number of nitrogens with zero attached hydrogens (tertiary/aromatic N) is 3. The Morgan fingerprint density at radius 3 is 2.53 bits per heavy atom. The Kier molecular flexibility index (Phi) is 6.11. The van der Waals surface area contributed by atoms with Crippen LogP contribution in [0.5, 0.6) is 0 Å². The number of hydrogen-bond acceptors (Lipinski definition) is 5. The molecule has 0 N–H and O–H groups in total. The van der Waals surface area contributed by atoms with Gasteiger partial charge < -0.3 is 4.74 Å². The van der Waals surface area contributed by atoms with Gasteiger partial charge >= 0.3 is 5.97 Å². The van der Waals surface area contributed by atoms with Crippen molar-refractivity contribution in [3.05, 3.63) is 75.6 Å². The van der Waals surface area contributed by atoms with Gasteiger partial charge in [0, 0.05) is 30.1 Å². The van der Waals surface area contributed by atoms with Gasteiger partial charge in [0.25, 0.3) is 0 Å². The average molecular weight is 474 g/mol. The number of halogens is 1.